The first-order valence-corrected chi connectivity index (χ1v) is 3.27. The summed E-state index contributed by atoms with van der Waals surface area (Å²) in [5, 5.41) is 7.78. The van der Waals surface area contributed by atoms with Gasteiger partial charge in [-0.2, -0.15) is 5.11 Å². The molecular formula is C6H9N3. The average Bonchev–Trinajstić information content (AvgIpc) is 2.33. The van der Waals surface area contributed by atoms with Crippen LogP contribution in [0.25, 0.3) is 0 Å². The molecule has 0 amide bonds. The van der Waals surface area contributed by atoms with Crippen molar-refractivity contribution < 1.29 is 0 Å². The molecule has 3 nitrogen and oxygen atoms in total. The van der Waals surface area contributed by atoms with Crippen molar-refractivity contribution in [2.45, 2.75) is 24.9 Å². The molecule has 2 aliphatic rings. The summed E-state index contributed by atoms with van der Waals surface area (Å²) in [7, 11) is 0. The van der Waals surface area contributed by atoms with Crippen molar-refractivity contribution in [2.75, 3.05) is 0 Å². The zero-order valence-corrected chi connectivity index (χ0v) is 5.12. The molecule has 3 heteroatoms. The molecule has 48 valence electrons. The number of hydrogen-bond donors (Lipinski definition) is 1. The average molecular weight is 123 g/mol. The summed E-state index contributed by atoms with van der Waals surface area (Å²) in [6, 6.07) is 0.921. The van der Waals surface area contributed by atoms with Crippen molar-refractivity contribution >= 4 is 0 Å². The summed E-state index contributed by atoms with van der Waals surface area (Å²) < 4.78 is 0. The maximum Gasteiger partial charge on any atom is 0.0984 e. The van der Waals surface area contributed by atoms with Gasteiger partial charge in [0.15, 0.2) is 0 Å². The Kier molecular flexibility index (Phi) is 1.01. The van der Waals surface area contributed by atoms with Crippen LogP contribution in [-0.2, 0) is 0 Å². The van der Waals surface area contributed by atoms with Crippen molar-refractivity contribution in [2.24, 2.45) is 10.3 Å². The van der Waals surface area contributed by atoms with Crippen LogP contribution in [0.1, 0.15) is 12.8 Å². The molecule has 0 saturated heterocycles. The molecule has 0 aromatic rings. The normalized spacial score (nSPS) is 38.2. The van der Waals surface area contributed by atoms with Gasteiger partial charge in [0.1, 0.15) is 0 Å². The predicted molar refractivity (Wildman–Crippen MR) is 33.9 cm³/mol. The van der Waals surface area contributed by atoms with E-state index in [2.05, 4.69) is 27.9 Å². The molecule has 1 aliphatic carbocycles. The van der Waals surface area contributed by atoms with Gasteiger partial charge in [-0.05, 0) is 12.8 Å². The molecule has 0 saturated carbocycles. The van der Waals surface area contributed by atoms with E-state index in [-0.39, 0.29) is 0 Å². The summed E-state index contributed by atoms with van der Waals surface area (Å²) in [4.78, 5) is 0. The van der Waals surface area contributed by atoms with Crippen molar-refractivity contribution in [3.63, 3.8) is 0 Å². The number of hydrogen-bond acceptors (Lipinski definition) is 3. The molecule has 0 radical (unpaired) electrons. The van der Waals surface area contributed by atoms with Crippen LogP contribution in [0.5, 0.6) is 0 Å². The van der Waals surface area contributed by atoms with E-state index in [1.54, 1.807) is 0 Å². The Labute approximate surface area is 53.8 Å². The van der Waals surface area contributed by atoms with Crippen LogP contribution < -0.4 is 5.43 Å². The minimum absolute atomic E-state index is 0.426. The highest BCUT2D eigenvalue weighted by atomic mass is 15.5. The molecule has 1 aliphatic heterocycles. The van der Waals surface area contributed by atoms with Crippen molar-refractivity contribution in [1.82, 2.24) is 5.43 Å². The Hall–Kier alpha value is -0.860. The van der Waals surface area contributed by atoms with Gasteiger partial charge in [0.05, 0.1) is 12.1 Å². The van der Waals surface area contributed by atoms with Gasteiger partial charge < -0.3 is 0 Å². The quantitative estimate of drug-likeness (QED) is 0.480. The van der Waals surface area contributed by atoms with Crippen molar-refractivity contribution in [3.05, 3.63) is 12.2 Å². The van der Waals surface area contributed by atoms with Crippen LogP contribution in [0, 0.1) is 0 Å². The van der Waals surface area contributed by atoms with Gasteiger partial charge in [-0.15, -0.1) is 0 Å². The minimum atomic E-state index is 0.426. The zero-order chi connectivity index (χ0) is 6.10. The fourth-order valence-electron chi connectivity index (χ4n) is 1.25. The molecule has 2 rings (SSSR count). The van der Waals surface area contributed by atoms with Gasteiger partial charge in [0.2, 0.25) is 0 Å². The maximum absolute atomic E-state index is 4.02. The van der Waals surface area contributed by atoms with Gasteiger partial charge in [0.25, 0.3) is 0 Å². The van der Waals surface area contributed by atoms with Crippen molar-refractivity contribution in [3.8, 4) is 0 Å². The molecule has 1 N–H and O–H groups in total. The van der Waals surface area contributed by atoms with Gasteiger partial charge in [-0.25, -0.2) is 0 Å². The third-order valence-corrected chi connectivity index (χ3v) is 1.83. The van der Waals surface area contributed by atoms with Crippen LogP contribution in [0.4, 0.5) is 0 Å². The smallest absolute Gasteiger partial charge is 0.0984 e. The highest BCUT2D eigenvalue weighted by Gasteiger charge is 2.25. The summed E-state index contributed by atoms with van der Waals surface area (Å²) in [5.74, 6) is 0. The molecule has 0 aromatic heterocycles. The second-order valence-electron chi connectivity index (χ2n) is 2.46. The lowest BCUT2D eigenvalue weighted by Gasteiger charge is -2.16. The summed E-state index contributed by atoms with van der Waals surface area (Å²) in [5.41, 5.74) is 2.97. The molecule has 1 heterocycles. The fraction of sp³-hybridized carbons (Fsp3) is 0.667. The number of fused-ring (bicyclic) bond motifs is 1. The molecule has 2 atom stereocenters. The molecule has 2 unspecified atom stereocenters. The van der Waals surface area contributed by atoms with E-state index in [1.165, 1.54) is 0 Å². The second kappa shape index (κ2) is 1.83. The fourth-order valence-corrected chi connectivity index (χ4v) is 1.25. The first kappa shape index (κ1) is 4.97. The van der Waals surface area contributed by atoms with E-state index in [0.717, 1.165) is 12.8 Å². The molecule has 9 heavy (non-hydrogen) atoms. The standard InChI is InChI=1S/C6H9N3/c1-2-4-6-5(3-1)7-9-8-6/h1-2,5-6H,3-4H2,(H,7,8). The number of nitrogens with one attached hydrogen (secondary N) is 1. The summed E-state index contributed by atoms with van der Waals surface area (Å²) >= 11 is 0. The van der Waals surface area contributed by atoms with E-state index in [9.17, 15) is 0 Å². The monoisotopic (exact) mass is 123 g/mol. The lowest BCUT2D eigenvalue weighted by Crippen LogP contribution is -2.31. The highest BCUT2D eigenvalue weighted by molar-refractivity contribution is 5.01. The van der Waals surface area contributed by atoms with Crippen molar-refractivity contribution in [1.29, 1.82) is 0 Å². The number of nitrogens with zero attached hydrogens (tertiary/aromatic N) is 2. The van der Waals surface area contributed by atoms with Crippen LogP contribution in [0.3, 0.4) is 0 Å². The Morgan fingerprint density at radius 1 is 1.33 bits per heavy atom. The van der Waals surface area contributed by atoms with Crippen LogP contribution in [0.15, 0.2) is 22.5 Å². The number of rotatable bonds is 0. The SMILES string of the molecule is C1=CCC2NN=NC2C1. The first-order chi connectivity index (χ1) is 4.47. The predicted octanol–water partition coefficient (Wildman–Crippen LogP) is 1.04. The Balaban J connectivity index is 2.13. The van der Waals surface area contributed by atoms with Gasteiger partial charge in [0, 0.05) is 0 Å². The zero-order valence-electron chi connectivity index (χ0n) is 5.12. The molecular weight excluding hydrogens is 114 g/mol. The van der Waals surface area contributed by atoms with Crippen LogP contribution in [-0.4, -0.2) is 12.1 Å². The van der Waals surface area contributed by atoms with E-state index < -0.39 is 0 Å². The third-order valence-electron chi connectivity index (χ3n) is 1.83. The third kappa shape index (κ3) is 0.724. The Morgan fingerprint density at radius 3 is 3.11 bits per heavy atom. The summed E-state index contributed by atoms with van der Waals surface area (Å²) in [6.45, 7) is 0. The largest absolute Gasteiger partial charge is 0.286 e. The van der Waals surface area contributed by atoms with E-state index >= 15 is 0 Å². The highest BCUT2D eigenvalue weighted by Crippen LogP contribution is 2.18. The molecule has 0 fully saturated rings. The lowest BCUT2D eigenvalue weighted by atomic mass is 9.98. The molecule has 0 aromatic carbocycles. The van der Waals surface area contributed by atoms with E-state index in [0.29, 0.717) is 12.1 Å². The molecule has 0 bridgehead atoms. The molecule has 0 spiro atoms. The van der Waals surface area contributed by atoms with Gasteiger partial charge in [-0.1, -0.05) is 17.4 Å². The first-order valence-electron chi connectivity index (χ1n) is 3.27. The van der Waals surface area contributed by atoms with Crippen LogP contribution >= 0.6 is 0 Å². The van der Waals surface area contributed by atoms with E-state index in [4.69, 9.17) is 0 Å². The van der Waals surface area contributed by atoms with E-state index in [1.807, 2.05) is 0 Å². The van der Waals surface area contributed by atoms with Gasteiger partial charge >= 0.3 is 0 Å². The minimum Gasteiger partial charge on any atom is -0.286 e. The van der Waals surface area contributed by atoms with Gasteiger partial charge in [-0.3, -0.25) is 5.43 Å². The van der Waals surface area contributed by atoms with Crippen LogP contribution in [0.2, 0.25) is 0 Å². The maximum atomic E-state index is 4.02. The Bertz CT molecular complexity index is 162. The summed E-state index contributed by atoms with van der Waals surface area (Å²) in [6.07, 6.45) is 6.50. The second-order valence-corrected chi connectivity index (χ2v) is 2.46. The lowest BCUT2D eigenvalue weighted by molar-refractivity contribution is 0.500. The Morgan fingerprint density at radius 2 is 2.22 bits per heavy atom. The topological polar surface area (TPSA) is 36.8 Å².